The highest BCUT2D eigenvalue weighted by molar-refractivity contribution is 5.79. The second-order valence-corrected chi connectivity index (χ2v) is 2.64. The molecule has 1 unspecified atom stereocenters. The Labute approximate surface area is 73.5 Å². The number of hydrogen-bond acceptors (Lipinski definition) is 6. The minimum absolute atomic E-state index is 0.0244. The average molecular weight is 188 g/mol. The summed E-state index contributed by atoms with van der Waals surface area (Å²) < 4.78 is 18.2. The maximum atomic E-state index is 13.2. The molecular weight excluding hydrogens is 179 g/mol. The molecule has 72 valence electrons. The molecule has 0 saturated carbocycles. The zero-order chi connectivity index (χ0) is 9.47. The average Bonchev–Trinajstić information content (AvgIpc) is 2.12. The Bertz CT molecular complexity index is 292. The second kappa shape index (κ2) is 2.66. The predicted octanol–water partition coefficient (Wildman–Crippen LogP) is -0.998. The van der Waals surface area contributed by atoms with Gasteiger partial charge < -0.3 is 10.5 Å². The van der Waals surface area contributed by atoms with Crippen LogP contribution in [0.1, 0.15) is 0 Å². The molecule has 6 nitrogen and oxygen atoms in total. The first-order valence-electron chi connectivity index (χ1n) is 3.70. The highest BCUT2D eigenvalue weighted by Gasteiger charge is 2.46. The molecule has 0 aliphatic carbocycles. The number of guanidine groups is 1. The Balaban J connectivity index is 2.37. The van der Waals surface area contributed by atoms with Gasteiger partial charge in [0.1, 0.15) is 0 Å². The van der Waals surface area contributed by atoms with Crippen LogP contribution in [0.25, 0.3) is 0 Å². The van der Waals surface area contributed by atoms with Gasteiger partial charge in [-0.2, -0.15) is 5.06 Å². The number of aliphatic imine (C=N–C) groups is 1. The molecule has 0 aromatic rings. The Morgan fingerprint density at radius 2 is 2.38 bits per heavy atom. The van der Waals surface area contributed by atoms with Crippen LogP contribution in [-0.2, 0) is 9.57 Å². The van der Waals surface area contributed by atoms with Gasteiger partial charge in [-0.1, -0.05) is 0 Å². The Morgan fingerprint density at radius 1 is 1.62 bits per heavy atom. The van der Waals surface area contributed by atoms with Crippen LogP contribution >= 0.6 is 0 Å². The summed E-state index contributed by atoms with van der Waals surface area (Å²) in [4.78, 5) is 8.55. The van der Waals surface area contributed by atoms with Crippen LogP contribution < -0.4 is 11.5 Å². The van der Waals surface area contributed by atoms with E-state index in [1.165, 1.54) is 0 Å². The van der Waals surface area contributed by atoms with E-state index in [9.17, 15) is 4.39 Å². The molecule has 4 N–H and O–H groups in total. The summed E-state index contributed by atoms with van der Waals surface area (Å²) in [6.45, 7) is 0.476. The van der Waals surface area contributed by atoms with Gasteiger partial charge in [-0.3, -0.25) is 10.6 Å². The highest BCUT2D eigenvalue weighted by atomic mass is 19.1. The summed E-state index contributed by atoms with van der Waals surface area (Å²) in [5.41, 5.74) is 11.0. The van der Waals surface area contributed by atoms with Crippen LogP contribution in [0.4, 0.5) is 4.39 Å². The van der Waals surface area contributed by atoms with Crippen LogP contribution in [0.5, 0.6) is 0 Å². The molecule has 1 atom stereocenters. The van der Waals surface area contributed by atoms with E-state index in [1.807, 2.05) is 0 Å². The minimum Gasteiger partial charge on any atom is -0.368 e. The van der Waals surface area contributed by atoms with Gasteiger partial charge in [-0.25, -0.2) is 9.38 Å². The number of rotatable bonds is 0. The number of hydrogen-bond donors (Lipinski definition) is 2. The first-order chi connectivity index (χ1) is 6.14. The lowest BCUT2D eigenvalue weighted by atomic mass is 10.3. The molecule has 13 heavy (non-hydrogen) atoms. The van der Waals surface area contributed by atoms with Crippen molar-refractivity contribution in [3.63, 3.8) is 0 Å². The number of halogens is 1. The summed E-state index contributed by atoms with van der Waals surface area (Å²) in [6, 6.07) is 0. The van der Waals surface area contributed by atoms with Gasteiger partial charge in [0.25, 0.3) is 5.85 Å². The topological polar surface area (TPSA) is 86.1 Å². The van der Waals surface area contributed by atoms with E-state index in [-0.39, 0.29) is 19.2 Å². The van der Waals surface area contributed by atoms with Crippen molar-refractivity contribution in [2.75, 3.05) is 13.2 Å². The Hall–Kier alpha value is -1.18. The van der Waals surface area contributed by atoms with E-state index in [1.54, 1.807) is 0 Å². The molecule has 2 rings (SSSR count). The van der Waals surface area contributed by atoms with Gasteiger partial charge in [0.05, 0.1) is 19.4 Å². The van der Waals surface area contributed by atoms with Gasteiger partial charge in [-0.05, 0) is 0 Å². The van der Waals surface area contributed by atoms with E-state index < -0.39 is 11.7 Å². The SMILES string of the molecule is NC1=NC=C(F)C2(N)OCCON12. The van der Waals surface area contributed by atoms with E-state index in [0.717, 1.165) is 11.3 Å². The quantitative estimate of drug-likeness (QED) is 0.509. The van der Waals surface area contributed by atoms with Crippen LogP contribution in [0.15, 0.2) is 17.0 Å². The van der Waals surface area contributed by atoms with Gasteiger partial charge >= 0.3 is 0 Å². The van der Waals surface area contributed by atoms with Crippen molar-refractivity contribution in [3.05, 3.63) is 12.0 Å². The molecule has 0 radical (unpaired) electrons. The molecule has 2 aliphatic rings. The molecule has 0 bridgehead atoms. The van der Waals surface area contributed by atoms with Gasteiger partial charge in [0.15, 0.2) is 5.83 Å². The zero-order valence-electron chi connectivity index (χ0n) is 6.74. The first kappa shape index (κ1) is 8.42. The normalized spacial score (nSPS) is 33.5. The van der Waals surface area contributed by atoms with Crippen LogP contribution in [0, 0.1) is 0 Å². The van der Waals surface area contributed by atoms with Crippen molar-refractivity contribution in [2.24, 2.45) is 16.5 Å². The Kier molecular flexibility index (Phi) is 1.72. The van der Waals surface area contributed by atoms with Gasteiger partial charge in [-0.15, -0.1) is 0 Å². The Morgan fingerprint density at radius 3 is 3.08 bits per heavy atom. The van der Waals surface area contributed by atoms with Crippen molar-refractivity contribution in [1.29, 1.82) is 0 Å². The third-order valence-electron chi connectivity index (χ3n) is 1.79. The standard InChI is InChI=1S/C6H9FN4O2/c7-4-3-10-5(8)11-6(4,9)12-1-2-13-11/h3H,1-2,9H2,(H2,8,10). The summed E-state index contributed by atoms with van der Waals surface area (Å²) >= 11 is 0. The van der Waals surface area contributed by atoms with E-state index >= 15 is 0 Å². The maximum absolute atomic E-state index is 13.2. The number of nitrogens with zero attached hydrogens (tertiary/aromatic N) is 2. The van der Waals surface area contributed by atoms with E-state index in [0.29, 0.717) is 0 Å². The van der Waals surface area contributed by atoms with Crippen molar-refractivity contribution >= 4 is 5.96 Å². The molecule has 0 aromatic carbocycles. The lowest BCUT2D eigenvalue weighted by molar-refractivity contribution is -0.306. The number of nitrogens with two attached hydrogens (primary N) is 2. The summed E-state index contributed by atoms with van der Waals surface area (Å²) in [6.07, 6.45) is 0.917. The maximum Gasteiger partial charge on any atom is 0.277 e. The highest BCUT2D eigenvalue weighted by Crippen LogP contribution is 2.27. The molecule has 1 saturated heterocycles. The molecule has 7 heteroatoms. The number of fused-ring (bicyclic) bond motifs is 1. The molecule has 2 aliphatic heterocycles. The summed E-state index contributed by atoms with van der Waals surface area (Å²) in [5.74, 6) is -2.51. The fourth-order valence-corrected chi connectivity index (χ4v) is 1.15. The van der Waals surface area contributed by atoms with Crippen molar-refractivity contribution in [3.8, 4) is 0 Å². The van der Waals surface area contributed by atoms with Gasteiger partial charge in [0, 0.05) is 0 Å². The lowest BCUT2D eigenvalue weighted by Gasteiger charge is -2.42. The predicted molar refractivity (Wildman–Crippen MR) is 41.5 cm³/mol. The number of ether oxygens (including phenoxy) is 1. The smallest absolute Gasteiger partial charge is 0.277 e. The van der Waals surface area contributed by atoms with Crippen molar-refractivity contribution < 1.29 is 14.0 Å². The molecule has 0 spiro atoms. The molecule has 0 amide bonds. The van der Waals surface area contributed by atoms with Crippen LogP contribution in [0.3, 0.4) is 0 Å². The summed E-state index contributed by atoms with van der Waals surface area (Å²) in [7, 11) is 0. The molecule has 0 aromatic heterocycles. The first-order valence-corrected chi connectivity index (χ1v) is 3.70. The second-order valence-electron chi connectivity index (χ2n) is 2.64. The monoisotopic (exact) mass is 188 g/mol. The molecule has 2 heterocycles. The van der Waals surface area contributed by atoms with Gasteiger partial charge in [0.2, 0.25) is 5.96 Å². The molecular formula is C6H9FN4O2. The van der Waals surface area contributed by atoms with E-state index in [4.69, 9.17) is 21.0 Å². The molecule has 1 fully saturated rings. The van der Waals surface area contributed by atoms with Crippen molar-refractivity contribution in [1.82, 2.24) is 5.06 Å². The zero-order valence-corrected chi connectivity index (χ0v) is 6.74. The van der Waals surface area contributed by atoms with Crippen LogP contribution in [-0.4, -0.2) is 30.1 Å². The minimum atomic E-state index is -1.75. The third-order valence-corrected chi connectivity index (χ3v) is 1.79. The lowest BCUT2D eigenvalue weighted by Crippen LogP contribution is -2.66. The fraction of sp³-hybridized carbons (Fsp3) is 0.500. The summed E-state index contributed by atoms with van der Waals surface area (Å²) in [5, 5.41) is 0.922. The van der Waals surface area contributed by atoms with Crippen molar-refractivity contribution in [2.45, 2.75) is 5.85 Å². The van der Waals surface area contributed by atoms with E-state index in [2.05, 4.69) is 4.99 Å². The van der Waals surface area contributed by atoms with Crippen LogP contribution in [0.2, 0.25) is 0 Å². The fourth-order valence-electron chi connectivity index (χ4n) is 1.15. The third kappa shape index (κ3) is 1.09. The number of hydroxylamine groups is 2. The largest absolute Gasteiger partial charge is 0.368 e.